The van der Waals surface area contributed by atoms with Gasteiger partial charge in [-0.2, -0.15) is 0 Å². The molecule has 2 aliphatic carbocycles. The molecule has 52 heavy (non-hydrogen) atoms. The van der Waals surface area contributed by atoms with Gasteiger partial charge in [0.05, 0.1) is 44.9 Å². The van der Waals surface area contributed by atoms with Gasteiger partial charge in [0, 0.05) is 44.5 Å². The zero-order valence-electron chi connectivity index (χ0n) is 27.9. The fourth-order valence-electron chi connectivity index (χ4n) is 7.56. The molecule has 2 aromatic carbocycles. The van der Waals surface area contributed by atoms with Gasteiger partial charge in [-0.15, -0.1) is 23.2 Å². The standard InChI is InChI=1S/C34H29Cl4N5O9/c1-40-19-13-24(52-4)23(51-3)12-18(19)39-17(30(40)47)8-9-41-31(48)42-10-7-16-20(43(42)32(41)49)14-33(37)28(45)26(35)27(36)29(46)34(33,38)25(16)15-5-6-22(50-2)21(44)11-15/h5-7,11-13,20,25,44H,8-10,14H2,1-4H3/t20-,25+,33-,34+/m1/s1. The molecule has 18 heteroatoms. The Kier molecular flexibility index (Phi) is 8.68. The van der Waals surface area contributed by atoms with Gasteiger partial charge in [0.25, 0.3) is 5.56 Å². The molecular formula is C34H29Cl4N5O9. The fraction of sp³-hybridized carbons (Fsp3) is 0.353. The second-order valence-electron chi connectivity index (χ2n) is 12.6. The largest absolute Gasteiger partial charge is 0.504 e. The van der Waals surface area contributed by atoms with Crippen LogP contribution in [0.3, 0.4) is 0 Å². The molecule has 0 radical (unpaired) electrons. The summed E-state index contributed by atoms with van der Waals surface area (Å²) in [6, 6.07) is 6.47. The van der Waals surface area contributed by atoms with Crippen LogP contribution in [0.1, 0.15) is 29.6 Å². The maximum absolute atomic E-state index is 14.2. The summed E-state index contributed by atoms with van der Waals surface area (Å²) < 4.78 is 20.6. The lowest BCUT2D eigenvalue weighted by Gasteiger charge is -2.54. The van der Waals surface area contributed by atoms with Gasteiger partial charge >= 0.3 is 11.4 Å². The number of ether oxygens (including phenoxy) is 3. The van der Waals surface area contributed by atoms with E-state index in [4.69, 9.17) is 60.6 Å². The number of phenols is 1. The van der Waals surface area contributed by atoms with Gasteiger partial charge in [-0.25, -0.2) is 28.5 Å². The Balaban J connectivity index is 1.33. The van der Waals surface area contributed by atoms with Crippen LogP contribution in [0.4, 0.5) is 0 Å². The highest BCUT2D eigenvalue weighted by Gasteiger charge is 2.71. The number of halogens is 4. The van der Waals surface area contributed by atoms with Crippen LogP contribution >= 0.6 is 46.4 Å². The number of fused-ring (bicyclic) bond motifs is 5. The molecule has 3 aliphatic rings. The number of phenolic OH excluding ortho intramolecular Hbond substituents is 1. The van der Waals surface area contributed by atoms with E-state index in [1.165, 1.54) is 53.5 Å². The van der Waals surface area contributed by atoms with Crippen molar-refractivity contribution < 1.29 is 28.9 Å². The van der Waals surface area contributed by atoms with Crippen molar-refractivity contribution >= 4 is 69.0 Å². The van der Waals surface area contributed by atoms with Gasteiger partial charge in [0.15, 0.2) is 34.6 Å². The Morgan fingerprint density at radius 2 is 1.56 bits per heavy atom. The third kappa shape index (κ3) is 4.84. The highest BCUT2D eigenvalue weighted by molar-refractivity contribution is 6.66. The van der Waals surface area contributed by atoms with E-state index in [0.29, 0.717) is 28.1 Å². The first-order chi connectivity index (χ1) is 24.6. The van der Waals surface area contributed by atoms with E-state index >= 15 is 0 Å². The molecular weight excluding hydrogens is 764 g/mol. The van der Waals surface area contributed by atoms with Gasteiger partial charge < -0.3 is 23.9 Å². The fourth-order valence-corrected chi connectivity index (χ4v) is 9.08. The van der Waals surface area contributed by atoms with Crippen molar-refractivity contribution in [3.63, 3.8) is 0 Å². The van der Waals surface area contributed by atoms with E-state index in [1.54, 1.807) is 25.3 Å². The molecule has 1 aliphatic heterocycles. The van der Waals surface area contributed by atoms with Crippen molar-refractivity contribution in [2.45, 2.75) is 47.6 Å². The van der Waals surface area contributed by atoms with Crippen LogP contribution in [0.25, 0.3) is 11.0 Å². The highest BCUT2D eigenvalue weighted by Crippen LogP contribution is 2.64. The number of ketones is 2. The van der Waals surface area contributed by atoms with Gasteiger partial charge in [-0.3, -0.25) is 14.4 Å². The zero-order chi connectivity index (χ0) is 37.6. The number of aromatic hydroxyl groups is 1. The Hall–Kier alpha value is -4.50. The molecule has 4 atom stereocenters. The number of carbonyl (C=O) groups is 2. The molecule has 0 saturated heterocycles. The smallest absolute Gasteiger partial charge is 0.347 e. The van der Waals surface area contributed by atoms with Gasteiger partial charge in [0.2, 0.25) is 0 Å². The summed E-state index contributed by atoms with van der Waals surface area (Å²) in [4.78, 5) is 69.3. The number of hydrogen-bond acceptors (Lipinski definition) is 10. The number of nitrogens with zero attached hydrogens (tertiary/aromatic N) is 5. The van der Waals surface area contributed by atoms with E-state index in [2.05, 4.69) is 4.98 Å². The molecule has 2 aromatic heterocycles. The lowest BCUT2D eigenvalue weighted by molar-refractivity contribution is -0.128. The van der Waals surface area contributed by atoms with Crippen molar-refractivity contribution in [2.24, 2.45) is 7.05 Å². The van der Waals surface area contributed by atoms with Crippen LogP contribution in [-0.4, -0.2) is 71.2 Å². The number of benzene rings is 2. The minimum Gasteiger partial charge on any atom is -0.504 e. The molecule has 14 nitrogen and oxygen atoms in total. The predicted molar refractivity (Wildman–Crippen MR) is 192 cm³/mol. The minimum absolute atomic E-state index is 0.0923. The monoisotopic (exact) mass is 791 g/mol. The molecule has 0 bridgehead atoms. The number of methoxy groups -OCH3 is 3. The number of alkyl halides is 2. The quantitative estimate of drug-likeness (QED) is 0.216. The molecule has 1 saturated carbocycles. The predicted octanol–water partition coefficient (Wildman–Crippen LogP) is 3.50. The number of carbonyl (C=O) groups excluding carboxylic acids is 2. The summed E-state index contributed by atoms with van der Waals surface area (Å²) >= 11 is 26.9. The van der Waals surface area contributed by atoms with Crippen LogP contribution in [0.5, 0.6) is 23.0 Å². The number of allylic oxidation sites excluding steroid dienone is 4. The second-order valence-corrected chi connectivity index (χ2v) is 14.6. The van der Waals surface area contributed by atoms with Crippen LogP contribution in [0, 0.1) is 0 Å². The number of aryl methyl sites for hydroxylation is 2. The molecule has 272 valence electrons. The Labute approximate surface area is 313 Å². The summed E-state index contributed by atoms with van der Waals surface area (Å²) in [5.41, 5.74) is -0.255. The average Bonchev–Trinajstić information content (AvgIpc) is 3.38. The van der Waals surface area contributed by atoms with Crippen molar-refractivity contribution in [1.82, 2.24) is 23.5 Å². The van der Waals surface area contributed by atoms with Gasteiger partial charge in [0.1, 0.15) is 25.5 Å². The molecule has 1 fully saturated rings. The van der Waals surface area contributed by atoms with Crippen molar-refractivity contribution in [2.75, 3.05) is 21.3 Å². The first kappa shape index (κ1) is 35.9. The number of aromatic nitrogens is 5. The zero-order valence-corrected chi connectivity index (χ0v) is 30.9. The SMILES string of the molecule is COc1ccc([C@H]2C3=CCn4c(=O)n(CCc5nc6cc(OC)c(OC)cc6n(C)c5=O)c(=O)n4[C@@H]3C[C@@]3(Cl)C(=O)C(Cl)=C(Cl)C(=O)[C@@]23Cl)cc1O. The molecule has 0 amide bonds. The van der Waals surface area contributed by atoms with Crippen LogP contribution in [0.15, 0.2) is 66.4 Å². The number of Topliss-reactive ketones (excluding diaryl/α,β-unsaturated/α-hetero) is 2. The summed E-state index contributed by atoms with van der Waals surface area (Å²) in [5, 5.41) is 9.53. The topological polar surface area (TPSA) is 166 Å². The average molecular weight is 793 g/mol. The van der Waals surface area contributed by atoms with E-state index in [1.807, 2.05) is 0 Å². The molecule has 3 heterocycles. The third-order valence-electron chi connectivity index (χ3n) is 10.1. The van der Waals surface area contributed by atoms with Crippen LogP contribution in [0.2, 0.25) is 0 Å². The Bertz CT molecular complexity index is 2500. The van der Waals surface area contributed by atoms with Crippen molar-refractivity contribution in [1.29, 1.82) is 0 Å². The molecule has 1 N–H and O–H groups in total. The minimum atomic E-state index is -2.26. The molecule has 4 aromatic rings. The van der Waals surface area contributed by atoms with Crippen LogP contribution in [-0.2, 0) is 36.1 Å². The summed E-state index contributed by atoms with van der Waals surface area (Å²) in [5.74, 6) is -2.45. The Morgan fingerprint density at radius 3 is 2.21 bits per heavy atom. The number of hydrogen-bond donors (Lipinski definition) is 1. The maximum atomic E-state index is 14.2. The first-order valence-electron chi connectivity index (χ1n) is 15.8. The van der Waals surface area contributed by atoms with Crippen LogP contribution < -0.4 is 31.1 Å². The molecule has 7 rings (SSSR count). The Morgan fingerprint density at radius 1 is 0.904 bits per heavy atom. The van der Waals surface area contributed by atoms with Crippen molar-refractivity contribution in [3.8, 4) is 23.0 Å². The first-order valence-corrected chi connectivity index (χ1v) is 17.3. The van der Waals surface area contributed by atoms with Gasteiger partial charge in [-0.05, 0) is 23.3 Å². The molecule has 0 spiro atoms. The van der Waals surface area contributed by atoms with E-state index in [-0.39, 0.29) is 42.3 Å². The summed E-state index contributed by atoms with van der Waals surface area (Å²) in [7, 11) is 5.87. The molecule has 0 unspecified atom stereocenters. The third-order valence-corrected chi connectivity index (χ3v) is 12.4. The van der Waals surface area contributed by atoms with E-state index < -0.39 is 66.7 Å². The van der Waals surface area contributed by atoms with E-state index in [9.17, 15) is 29.1 Å². The normalized spacial score (nSPS) is 24.0. The summed E-state index contributed by atoms with van der Waals surface area (Å²) in [6.45, 7) is -0.353. The summed E-state index contributed by atoms with van der Waals surface area (Å²) in [6.07, 6.45) is 1.12. The van der Waals surface area contributed by atoms with Gasteiger partial charge in [-0.1, -0.05) is 35.3 Å². The lowest BCUT2D eigenvalue weighted by Crippen LogP contribution is -2.67. The lowest BCUT2D eigenvalue weighted by atomic mass is 9.59. The second kappa shape index (κ2) is 12.6. The van der Waals surface area contributed by atoms with E-state index in [0.717, 1.165) is 4.57 Å². The van der Waals surface area contributed by atoms with Crippen molar-refractivity contribution in [3.05, 3.63) is 94.6 Å². The maximum Gasteiger partial charge on any atom is 0.347 e. The number of rotatable bonds is 7. The highest BCUT2D eigenvalue weighted by atomic mass is 35.5.